The van der Waals surface area contributed by atoms with Gasteiger partial charge in [0.2, 0.25) is 0 Å². The Labute approximate surface area is 152 Å². The summed E-state index contributed by atoms with van der Waals surface area (Å²) in [6.45, 7) is 1.47. The molecule has 26 heavy (non-hydrogen) atoms. The maximum Gasteiger partial charge on any atom is 0.305 e. The number of ether oxygens (including phenoxy) is 1. The highest BCUT2D eigenvalue weighted by Crippen LogP contribution is 2.16. The number of fused-ring (bicyclic) bond motifs is 1. The summed E-state index contributed by atoms with van der Waals surface area (Å²) in [5.74, 6) is -0.222. The molecule has 0 aliphatic heterocycles. The van der Waals surface area contributed by atoms with Crippen molar-refractivity contribution in [2.75, 3.05) is 6.61 Å². The third-order valence-corrected chi connectivity index (χ3v) is 4.32. The minimum atomic E-state index is -0.865. The van der Waals surface area contributed by atoms with E-state index in [1.165, 1.54) is 10.9 Å². The van der Waals surface area contributed by atoms with E-state index in [1.54, 1.807) is 0 Å². The molecular weight excluding hydrogens is 332 g/mol. The lowest BCUT2D eigenvalue weighted by molar-refractivity contribution is -0.138. The lowest BCUT2D eigenvalue weighted by atomic mass is 10.1. The molecule has 0 saturated heterocycles. The number of hydrogen-bond acceptors (Lipinski definition) is 4. The molecule has 6 nitrogen and oxygen atoms in total. The van der Waals surface area contributed by atoms with Gasteiger partial charge in [0.05, 0.1) is 18.7 Å². The normalized spacial score (nSPS) is 11.2. The number of benzene rings is 1. The van der Waals surface area contributed by atoms with E-state index >= 15 is 0 Å². The first-order valence-electron chi connectivity index (χ1n) is 9.00. The lowest BCUT2D eigenvalue weighted by Gasteiger charge is -2.05. The molecule has 0 aliphatic rings. The minimum absolute atomic E-state index is 0.00231. The van der Waals surface area contributed by atoms with Gasteiger partial charge in [0, 0.05) is 24.3 Å². The molecule has 0 saturated carbocycles. The molecule has 0 fully saturated rings. The highest BCUT2D eigenvalue weighted by Gasteiger charge is 2.05. The number of aryl methyl sites for hydroxylation is 2. The van der Waals surface area contributed by atoms with Gasteiger partial charge in [-0.1, -0.05) is 29.8 Å². The Morgan fingerprint density at radius 1 is 1.19 bits per heavy atom. The second-order valence-corrected chi connectivity index (χ2v) is 6.36. The van der Waals surface area contributed by atoms with E-state index in [4.69, 9.17) is 14.4 Å². The minimum Gasteiger partial charge on any atom is -0.481 e. The SMILES string of the molecule is O=C(O)CCOCc1cc(CCCCCn2ccc3ccccc32)no1. The Morgan fingerprint density at radius 2 is 2.08 bits per heavy atom. The number of carboxylic acid groups (broad SMARTS) is 1. The molecule has 2 aromatic heterocycles. The zero-order valence-corrected chi connectivity index (χ0v) is 14.8. The number of unbranched alkanes of at least 4 members (excludes halogenated alkanes) is 2. The van der Waals surface area contributed by atoms with E-state index in [0.29, 0.717) is 5.76 Å². The summed E-state index contributed by atoms with van der Waals surface area (Å²) in [6.07, 6.45) is 6.35. The van der Waals surface area contributed by atoms with Crippen molar-refractivity contribution in [3.8, 4) is 0 Å². The average Bonchev–Trinajstić information content (AvgIpc) is 3.25. The highest BCUT2D eigenvalue weighted by atomic mass is 16.5. The molecule has 0 radical (unpaired) electrons. The van der Waals surface area contributed by atoms with Crippen molar-refractivity contribution in [3.63, 3.8) is 0 Å². The molecule has 3 rings (SSSR count). The molecule has 1 aromatic carbocycles. The van der Waals surface area contributed by atoms with Gasteiger partial charge in [-0.15, -0.1) is 0 Å². The maximum atomic E-state index is 10.4. The Kier molecular flexibility index (Phi) is 6.44. The van der Waals surface area contributed by atoms with Crippen LogP contribution in [0.25, 0.3) is 10.9 Å². The van der Waals surface area contributed by atoms with Crippen molar-refractivity contribution in [3.05, 3.63) is 54.0 Å². The number of rotatable bonds is 11. The van der Waals surface area contributed by atoms with Crippen LogP contribution in [0.1, 0.15) is 37.1 Å². The predicted molar refractivity (Wildman–Crippen MR) is 97.9 cm³/mol. The molecule has 3 aromatic rings. The molecule has 0 spiro atoms. The van der Waals surface area contributed by atoms with Crippen LogP contribution < -0.4 is 0 Å². The van der Waals surface area contributed by atoms with Crippen molar-refractivity contribution in [1.29, 1.82) is 0 Å². The van der Waals surface area contributed by atoms with Crippen molar-refractivity contribution < 1.29 is 19.2 Å². The second kappa shape index (κ2) is 9.20. The molecule has 138 valence electrons. The third-order valence-electron chi connectivity index (χ3n) is 4.32. The van der Waals surface area contributed by atoms with Gasteiger partial charge in [-0.2, -0.15) is 0 Å². The van der Waals surface area contributed by atoms with Gasteiger partial charge in [-0.25, -0.2) is 0 Å². The number of aromatic nitrogens is 2. The molecule has 0 atom stereocenters. The van der Waals surface area contributed by atoms with E-state index in [2.05, 4.69) is 46.3 Å². The van der Waals surface area contributed by atoms with Gasteiger partial charge >= 0.3 is 5.97 Å². The first-order chi connectivity index (χ1) is 12.7. The van der Waals surface area contributed by atoms with Gasteiger partial charge < -0.3 is 18.9 Å². The van der Waals surface area contributed by atoms with Crippen LogP contribution in [0.4, 0.5) is 0 Å². The van der Waals surface area contributed by atoms with Crippen LogP contribution >= 0.6 is 0 Å². The molecule has 0 amide bonds. The highest BCUT2D eigenvalue weighted by molar-refractivity contribution is 5.79. The zero-order valence-electron chi connectivity index (χ0n) is 14.8. The summed E-state index contributed by atoms with van der Waals surface area (Å²) in [5, 5.41) is 13.9. The quantitative estimate of drug-likeness (QED) is 0.525. The number of carboxylic acids is 1. The standard InChI is InChI=1S/C20H24N2O4/c23-20(24)10-13-25-15-18-14-17(21-26-18)7-2-1-5-11-22-12-9-16-6-3-4-8-19(16)22/h3-4,6,8-9,12,14H,1-2,5,7,10-11,13,15H2,(H,23,24). The summed E-state index contributed by atoms with van der Waals surface area (Å²) in [4.78, 5) is 10.4. The number of aliphatic carboxylic acids is 1. The van der Waals surface area contributed by atoms with Crippen LogP contribution in [0.2, 0.25) is 0 Å². The monoisotopic (exact) mass is 356 g/mol. The van der Waals surface area contributed by atoms with E-state index in [1.807, 2.05) is 6.07 Å². The predicted octanol–water partition coefficient (Wildman–Crippen LogP) is 4.03. The smallest absolute Gasteiger partial charge is 0.305 e. The summed E-state index contributed by atoms with van der Waals surface area (Å²) in [5.41, 5.74) is 2.21. The van der Waals surface area contributed by atoms with Crippen molar-refractivity contribution >= 4 is 16.9 Å². The summed E-state index contributed by atoms with van der Waals surface area (Å²) in [6, 6.07) is 12.5. The molecule has 1 N–H and O–H groups in total. The molecule has 0 unspecified atom stereocenters. The number of hydrogen-bond donors (Lipinski definition) is 1. The van der Waals surface area contributed by atoms with Crippen LogP contribution in [0.3, 0.4) is 0 Å². The molecule has 0 bridgehead atoms. The molecule has 6 heteroatoms. The number of nitrogens with zero attached hydrogens (tertiary/aromatic N) is 2. The van der Waals surface area contributed by atoms with Gasteiger partial charge in [0.15, 0.2) is 5.76 Å². The van der Waals surface area contributed by atoms with E-state index in [-0.39, 0.29) is 19.6 Å². The Morgan fingerprint density at radius 3 is 2.96 bits per heavy atom. The van der Waals surface area contributed by atoms with Crippen LogP contribution in [-0.2, 0) is 29.1 Å². The lowest BCUT2D eigenvalue weighted by Crippen LogP contribution is -2.02. The van der Waals surface area contributed by atoms with E-state index in [0.717, 1.165) is 37.9 Å². The summed E-state index contributed by atoms with van der Waals surface area (Å²) in [7, 11) is 0. The van der Waals surface area contributed by atoms with Gasteiger partial charge in [0.25, 0.3) is 0 Å². The maximum absolute atomic E-state index is 10.4. The van der Waals surface area contributed by atoms with Crippen LogP contribution in [0, 0.1) is 0 Å². The van der Waals surface area contributed by atoms with Crippen molar-refractivity contribution in [2.45, 2.75) is 45.3 Å². The average molecular weight is 356 g/mol. The van der Waals surface area contributed by atoms with Crippen LogP contribution in [0.5, 0.6) is 0 Å². The zero-order chi connectivity index (χ0) is 18.2. The fourth-order valence-corrected chi connectivity index (χ4v) is 2.97. The first-order valence-corrected chi connectivity index (χ1v) is 9.00. The third kappa shape index (κ3) is 5.20. The largest absolute Gasteiger partial charge is 0.481 e. The number of para-hydroxylation sites is 1. The number of carbonyl (C=O) groups is 1. The Balaban J connectivity index is 1.33. The molecule has 0 aliphatic carbocycles. The summed E-state index contributed by atoms with van der Waals surface area (Å²) >= 11 is 0. The fraction of sp³-hybridized carbons (Fsp3) is 0.400. The van der Waals surface area contributed by atoms with Gasteiger partial charge in [-0.3, -0.25) is 4.79 Å². The summed E-state index contributed by atoms with van der Waals surface area (Å²) < 4.78 is 12.8. The topological polar surface area (TPSA) is 77.5 Å². The van der Waals surface area contributed by atoms with Crippen molar-refractivity contribution in [1.82, 2.24) is 9.72 Å². The van der Waals surface area contributed by atoms with Crippen LogP contribution in [-0.4, -0.2) is 27.4 Å². The van der Waals surface area contributed by atoms with E-state index in [9.17, 15) is 4.79 Å². The van der Waals surface area contributed by atoms with Gasteiger partial charge in [0.1, 0.15) is 6.61 Å². The molecular formula is C20H24N2O4. The first kappa shape index (κ1) is 18.2. The van der Waals surface area contributed by atoms with Crippen LogP contribution in [0.15, 0.2) is 47.1 Å². The Hall–Kier alpha value is -2.60. The fourth-order valence-electron chi connectivity index (χ4n) is 2.97. The molecule has 2 heterocycles. The van der Waals surface area contributed by atoms with Gasteiger partial charge in [-0.05, 0) is 36.8 Å². The Bertz CT molecular complexity index is 837. The van der Waals surface area contributed by atoms with Crippen molar-refractivity contribution in [2.24, 2.45) is 0 Å². The van der Waals surface area contributed by atoms with E-state index < -0.39 is 5.97 Å². The second-order valence-electron chi connectivity index (χ2n) is 6.36.